The molecule has 0 N–H and O–H groups in total. The van der Waals surface area contributed by atoms with Gasteiger partial charge in [-0.25, -0.2) is 4.68 Å². The number of rotatable bonds is 2. The summed E-state index contributed by atoms with van der Waals surface area (Å²) in [5, 5.41) is 9.05. The molecule has 0 radical (unpaired) electrons. The zero-order valence-corrected chi connectivity index (χ0v) is 12.6. The average Bonchev–Trinajstić information content (AvgIpc) is 2.81. The fraction of sp³-hybridized carbons (Fsp3) is 0.143. The van der Waals surface area contributed by atoms with E-state index in [0.717, 1.165) is 27.2 Å². The topological polar surface area (TPSA) is 30.7 Å². The van der Waals surface area contributed by atoms with Crippen molar-refractivity contribution in [2.45, 2.75) is 4.83 Å². The minimum Gasteiger partial charge on any atom is -0.248 e. The van der Waals surface area contributed by atoms with E-state index in [1.54, 1.807) is 4.68 Å². The largest absolute Gasteiger partial charge is 0.248 e. The summed E-state index contributed by atoms with van der Waals surface area (Å²) < 4.78 is 1.78. The van der Waals surface area contributed by atoms with E-state index in [2.05, 4.69) is 32.3 Å². The molecule has 96 valence electrons. The first-order valence-electron chi connectivity index (χ1n) is 5.84. The Morgan fingerprint density at radius 3 is 2.63 bits per heavy atom. The van der Waals surface area contributed by atoms with Crippen molar-refractivity contribution in [2.75, 3.05) is 0 Å². The van der Waals surface area contributed by atoms with Crippen LogP contribution >= 0.6 is 27.5 Å². The molecule has 2 aromatic carbocycles. The summed E-state index contributed by atoms with van der Waals surface area (Å²) in [6.07, 6.45) is 0. The number of benzene rings is 2. The second-order valence-electron chi connectivity index (χ2n) is 4.34. The molecular weight excluding hydrogens is 326 g/mol. The van der Waals surface area contributed by atoms with Crippen molar-refractivity contribution in [3.05, 3.63) is 58.6 Å². The molecule has 3 rings (SSSR count). The van der Waals surface area contributed by atoms with Gasteiger partial charge < -0.3 is 0 Å². The molecule has 0 saturated carbocycles. The highest BCUT2D eigenvalue weighted by Gasteiger charge is 2.16. The van der Waals surface area contributed by atoms with E-state index in [1.165, 1.54) is 0 Å². The standard InChI is InChI=1S/C14H11BrClN3/c1-19-12-4-2-3-11(14(12)17-18-19)13(15)9-5-7-10(16)8-6-9/h2-8,13H,1H3. The van der Waals surface area contributed by atoms with Crippen molar-refractivity contribution in [1.82, 2.24) is 15.0 Å². The van der Waals surface area contributed by atoms with E-state index in [-0.39, 0.29) is 4.83 Å². The minimum absolute atomic E-state index is 0.0742. The highest BCUT2D eigenvalue weighted by molar-refractivity contribution is 9.09. The number of halogens is 2. The average molecular weight is 337 g/mol. The van der Waals surface area contributed by atoms with Crippen LogP contribution in [0, 0.1) is 0 Å². The summed E-state index contributed by atoms with van der Waals surface area (Å²) in [7, 11) is 1.89. The fourth-order valence-electron chi connectivity index (χ4n) is 2.09. The molecule has 0 amide bonds. The Balaban J connectivity index is 2.11. The zero-order chi connectivity index (χ0) is 13.4. The molecule has 0 saturated heterocycles. The van der Waals surface area contributed by atoms with E-state index in [9.17, 15) is 0 Å². The molecule has 1 aromatic heterocycles. The zero-order valence-electron chi connectivity index (χ0n) is 10.2. The fourth-order valence-corrected chi connectivity index (χ4v) is 2.90. The number of nitrogens with zero attached hydrogens (tertiary/aromatic N) is 3. The van der Waals surface area contributed by atoms with E-state index in [1.807, 2.05) is 43.4 Å². The first kappa shape index (κ1) is 12.6. The lowest BCUT2D eigenvalue weighted by Gasteiger charge is -2.11. The predicted molar refractivity (Wildman–Crippen MR) is 80.7 cm³/mol. The van der Waals surface area contributed by atoms with E-state index in [4.69, 9.17) is 11.6 Å². The van der Waals surface area contributed by atoms with E-state index >= 15 is 0 Å². The number of fused-ring (bicyclic) bond motifs is 1. The van der Waals surface area contributed by atoms with Crippen molar-refractivity contribution in [2.24, 2.45) is 7.05 Å². The van der Waals surface area contributed by atoms with Crippen molar-refractivity contribution in [1.29, 1.82) is 0 Å². The number of alkyl halides is 1. The van der Waals surface area contributed by atoms with Crippen LogP contribution in [0.5, 0.6) is 0 Å². The van der Waals surface area contributed by atoms with Crippen LogP contribution in [0.1, 0.15) is 16.0 Å². The van der Waals surface area contributed by atoms with Gasteiger partial charge in [0.25, 0.3) is 0 Å². The Kier molecular flexibility index (Phi) is 3.29. The lowest BCUT2D eigenvalue weighted by Crippen LogP contribution is -1.94. The van der Waals surface area contributed by atoms with Crippen molar-refractivity contribution in [3.63, 3.8) is 0 Å². The van der Waals surface area contributed by atoms with Crippen LogP contribution in [0.15, 0.2) is 42.5 Å². The minimum atomic E-state index is 0.0742. The number of hydrogen-bond donors (Lipinski definition) is 0. The monoisotopic (exact) mass is 335 g/mol. The Labute approximate surface area is 124 Å². The van der Waals surface area contributed by atoms with Crippen LogP contribution in [-0.4, -0.2) is 15.0 Å². The summed E-state index contributed by atoms with van der Waals surface area (Å²) in [6.45, 7) is 0. The Bertz CT molecular complexity index is 721. The van der Waals surface area contributed by atoms with E-state index < -0.39 is 0 Å². The van der Waals surface area contributed by atoms with Gasteiger partial charge in [-0.05, 0) is 23.8 Å². The van der Waals surface area contributed by atoms with Gasteiger partial charge in [0.15, 0.2) is 0 Å². The molecule has 3 aromatic rings. The third-order valence-electron chi connectivity index (χ3n) is 3.11. The first-order chi connectivity index (χ1) is 9.16. The third-order valence-corrected chi connectivity index (χ3v) is 4.38. The predicted octanol–water partition coefficient (Wildman–Crippen LogP) is 4.11. The third kappa shape index (κ3) is 2.26. The van der Waals surface area contributed by atoms with Gasteiger partial charge in [-0.15, -0.1) is 5.10 Å². The molecule has 1 unspecified atom stereocenters. The Morgan fingerprint density at radius 1 is 1.16 bits per heavy atom. The van der Waals surface area contributed by atoms with Gasteiger partial charge in [0.1, 0.15) is 5.52 Å². The van der Waals surface area contributed by atoms with E-state index in [0.29, 0.717) is 0 Å². The van der Waals surface area contributed by atoms with Gasteiger partial charge in [-0.2, -0.15) is 0 Å². The lowest BCUT2D eigenvalue weighted by atomic mass is 10.0. The molecule has 1 atom stereocenters. The van der Waals surface area contributed by atoms with Gasteiger partial charge in [0, 0.05) is 17.6 Å². The van der Waals surface area contributed by atoms with Crippen LogP contribution in [0.4, 0.5) is 0 Å². The number of hydrogen-bond acceptors (Lipinski definition) is 2. The van der Waals surface area contributed by atoms with Gasteiger partial charge in [0.05, 0.1) is 10.3 Å². The normalized spacial score (nSPS) is 12.8. The van der Waals surface area contributed by atoms with Crippen LogP contribution in [0.3, 0.4) is 0 Å². The quantitative estimate of drug-likeness (QED) is 0.659. The smallest absolute Gasteiger partial charge is 0.117 e. The van der Waals surface area contributed by atoms with Gasteiger partial charge in [-0.3, -0.25) is 0 Å². The van der Waals surface area contributed by atoms with Crippen LogP contribution in [0.25, 0.3) is 11.0 Å². The van der Waals surface area contributed by atoms with Crippen LogP contribution in [0.2, 0.25) is 5.02 Å². The van der Waals surface area contributed by atoms with Gasteiger partial charge in [0.2, 0.25) is 0 Å². The molecule has 1 heterocycles. The molecule has 0 spiro atoms. The molecule has 19 heavy (non-hydrogen) atoms. The molecule has 5 heteroatoms. The summed E-state index contributed by atoms with van der Waals surface area (Å²) >= 11 is 9.65. The maximum absolute atomic E-state index is 5.92. The van der Waals surface area contributed by atoms with Crippen molar-refractivity contribution < 1.29 is 0 Å². The van der Waals surface area contributed by atoms with Crippen molar-refractivity contribution in [3.8, 4) is 0 Å². The number of aromatic nitrogens is 3. The number of aryl methyl sites for hydroxylation is 1. The molecule has 0 fully saturated rings. The molecule has 0 aliphatic heterocycles. The van der Waals surface area contributed by atoms with Crippen molar-refractivity contribution >= 4 is 38.6 Å². The second kappa shape index (κ2) is 4.94. The lowest BCUT2D eigenvalue weighted by molar-refractivity contribution is 0.736. The highest BCUT2D eigenvalue weighted by Crippen LogP contribution is 2.34. The maximum atomic E-state index is 5.92. The second-order valence-corrected chi connectivity index (χ2v) is 5.69. The molecule has 0 aliphatic rings. The van der Waals surface area contributed by atoms with Crippen LogP contribution < -0.4 is 0 Å². The SMILES string of the molecule is Cn1nnc2c(C(Br)c3ccc(Cl)cc3)cccc21. The summed E-state index contributed by atoms with van der Waals surface area (Å²) in [5.74, 6) is 0. The summed E-state index contributed by atoms with van der Waals surface area (Å²) in [6, 6.07) is 13.9. The molecule has 3 nitrogen and oxygen atoms in total. The highest BCUT2D eigenvalue weighted by atomic mass is 79.9. The molecule has 0 bridgehead atoms. The molecular formula is C14H11BrClN3. The Hall–Kier alpha value is -1.39. The summed E-state index contributed by atoms with van der Waals surface area (Å²) in [4.78, 5) is 0.0742. The molecule has 0 aliphatic carbocycles. The van der Waals surface area contributed by atoms with Gasteiger partial charge in [-0.1, -0.05) is 57.0 Å². The van der Waals surface area contributed by atoms with Gasteiger partial charge >= 0.3 is 0 Å². The van der Waals surface area contributed by atoms with Crippen LogP contribution in [-0.2, 0) is 7.05 Å². The Morgan fingerprint density at radius 2 is 1.89 bits per heavy atom. The summed E-state index contributed by atoms with van der Waals surface area (Å²) in [5.41, 5.74) is 4.19. The first-order valence-corrected chi connectivity index (χ1v) is 7.14. The maximum Gasteiger partial charge on any atom is 0.117 e.